The van der Waals surface area contributed by atoms with Crippen LogP contribution in [-0.4, -0.2) is 37.0 Å². The molecule has 2 N–H and O–H groups in total. The lowest BCUT2D eigenvalue weighted by molar-refractivity contribution is -0.118. The lowest BCUT2D eigenvalue weighted by Crippen LogP contribution is -2.26. The number of carbonyl (C=O) groups is 4. The molecule has 0 aromatic carbocycles. The van der Waals surface area contributed by atoms with Gasteiger partial charge in [-0.25, -0.2) is 9.59 Å². The van der Waals surface area contributed by atoms with E-state index in [1.165, 1.54) is 22.7 Å². The normalized spacial score (nSPS) is 17.9. The second-order valence-corrected chi connectivity index (χ2v) is 17.0. The van der Waals surface area contributed by atoms with Gasteiger partial charge in [0.15, 0.2) is 0 Å². The number of hydrogen-bond donors (Lipinski definition) is 2. The van der Waals surface area contributed by atoms with Gasteiger partial charge in [-0.2, -0.15) is 0 Å². The van der Waals surface area contributed by atoms with E-state index in [0.717, 1.165) is 59.4 Å². The number of carbonyl (C=O) groups excluding carboxylic acids is 4. The minimum atomic E-state index is -0.382. The Bertz CT molecular complexity index is 1330. The number of hydrogen-bond acceptors (Lipinski definition) is 8. The number of fused-ring (bicyclic) bond motifs is 2. The molecule has 46 heavy (non-hydrogen) atoms. The van der Waals surface area contributed by atoms with Gasteiger partial charge < -0.3 is 20.1 Å². The predicted molar refractivity (Wildman–Crippen MR) is 186 cm³/mol. The SMILES string of the molecule is CCOC(=O)c1c(NC(=O)CCCCC(=O)Nc2sc3c(c2C(=O)OCC)CCC(C(C)(C)C)C3)sc2c1CCC(C(C)(C)C)C2. The zero-order chi connectivity index (χ0) is 33.8. The van der Waals surface area contributed by atoms with E-state index >= 15 is 0 Å². The van der Waals surface area contributed by atoms with Crippen LogP contribution in [0.25, 0.3) is 0 Å². The van der Waals surface area contributed by atoms with Crippen LogP contribution in [0.5, 0.6) is 0 Å². The van der Waals surface area contributed by atoms with Crippen LogP contribution in [0.1, 0.15) is 136 Å². The van der Waals surface area contributed by atoms with Crippen molar-refractivity contribution in [1.29, 1.82) is 0 Å². The fourth-order valence-electron chi connectivity index (χ4n) is 6.61. The zero-order valence-corrected chi connectivity index (χ0v) is 30.5. The van der Waals surface area contributed by atoms with Gasteiger partial charge in [0.25, 0.3) is 0 Å². The molecule has 0 aliphatic heterocycles. The molecule has 8 nitrogen and oxygen atoms in total. The summed E-state index contributed by atoms with van der Waals surface area (Å²) in [4.78, 5) is 54.2. The van der Waals surface area contributed by atoms with Gasteiger partial charge in [0, 0.05) is 22.6 Å². The third kappa shape index (κ3) is 8.59. The van der Waals surface area contributed by atoms with E-state index in [9.17, 15) is 19.2 Å². The summed E-state index contributed by atoms with van der Waals surface area (Å²) in [5, 5.41) is 7.13. The molecule has 10 heteroatoms. The molecular formula is C36H52N2O6S2. The van der Waals surface area contributed by atoms with Crippen molar-refractivity contribution in [3.63, 3.8) is 0 Å². The average molecular weight is 673 g/mol. The van der Waals surface area contributed by atoms with E-state index in [1.807, 2.05) is 0 Å². The Kier molecular flexibility index (Phi) is 11.8. The molecule has 2 atom stereocenters. The third-order valence-corrected chi connectivity index (χ3v) is 11.8. The Hall–Kier alpha value is -2.72. The number of rotatable bonds is 11. The Morgan fingerprint density at radius 1 is 0.674 bits per heavy atom. The van der Waals surface area contributed by atoms with Crippen molar-refractivity contribution in [2.75, 3.05) is 23.8 Å². The molecular weight excluding hydrogens is 621 g/mol. The number of thiophene rings is 2. The Morgan fingerprint density at radius 2 is 1.04 bits per heavy atom. The first kappa shape index (κ1) is 36.1. The zero-order valence-electron chi connectivity index (χ0n) is 28.9. The summed E-state index contributed by atoms with van der Waals surface area (Å²) in [6, 6.07) is 0. The van der Waals surface area contributed by atoms with Crippen molar-refractivity contribution in [3.05, 3.63) is 32.0 Å². The van der Waals surface area contributed by atoms with Crippen molar-refractivity contribution in [2.45, 2.75) is 120 Å². The molecule has 2 aliphatic carbocycles. The van der Waals surface area contributed by atoms with Crippen LogP contribution in [0.2, 0.25) is 0 Å². The van der Waals surface area contributed by atoms with Gasteiger partial charge in [0.05, 0.1) is 24.3 Å². The fourth-order valence-corrected chi connectivity index (χ4v) is 9.28. The van der Waals surface area contributed by atoms with Crippen molar-refractivity contribution in [2.24, 2.45) is 22.7 Å². The van der Waals surface area contributed by atoms with E-state index in [0.29, 0.717) is 45.8 Å². The highest BCUT2D eigenvalue weighted by atomic mass is 32.1. The van der Waals surface area contributed by atoms with Gasteiger partial charge in [-0.05, 0) is 99.0 Å². The second-order valence-electron chi connectivity index (χ2n) is 14.8. The van der Waals surface area contributed by atoms with Gasteiger partial charge in [0.1, 0.15) is 10.0 Å². The van der Waals surface area contributed by atoms with Gasteiger partial charge in [0.2, 0.25) is 11.8 Å². The van der Waals surface area contributed by atoms with Crippen LogP contribution in [0.3, 0.4) is 0 Å². The summed E-state index contributed by atoms with van der Waals surface area (Å²) in [6.45, 7) is 17.6. The minimum absolute atomic E-state index is 0.167. The van der Waals surface area contributed by atoms with E-state index in [1.54, 1.807) is 13.8 Å². The quantitative estimate of drug-likeness (QED) is 0.183. The van der Waals surface area contributed by atoms with Crippen LogP contribution >= 0.6 is 22.7 Å². The van der Waals surface area contributed by atoms with Crippen molar-refractivity contribution >= 4 is 56.4 Å². The molecule has 2 aromatic heterocycles. The molecule has 0 fully saturated rings. The van der Waals surface area contributed by atoms with Crippen molar-refractivity contribution in [3.8, 4) is 0 Å². The van der Waals surface area contributed by atoms with Gasteiger partial charge in [-0.15, -0.1) is 22.7 Å². The lowest BCUT2D eigenvalue weighted by atomic mass is 9.72. The second kappa shape index (κ2) is 15.0. The monoisotopic (exact) mass is 672 g/mol. The first-order valence-corrected chi connectivity index (χ1v) is 18.5. The topological polar surface area (TPSA) is 111 Å². The summed E-state index contributed by atoms with van der Waals surface area (Å²) in [5.74, 6) is -0.101. The van der Waals surface area contributed by atoms with Gasteiger partial charge >= 0.3 is 11.9 Å². The molecule has 0 bridgehead atoms. The summed E-state index contributed by atoms with van der Waals surface area (Å²) < 4.78 is 10.7. The number of amides is 2. The number of ether oxygens (including phenoxy) is 2. The lowest BCUT2D eigenvalue weighted by Gasteiger charge is -2.33. The highest BCUT2D eigenvalue weighted by molar-refractivity contribution is 7.17. The first-order chi connectivity index (χ1) is 21.6. The molecule has 2 aromatic rings. The number of anilines is 2. The number of esters is 2. The Morgan fingerprint density at radius 3 is 1.37 bits per heavy atom. The van der Waals surface area contributed by atoms with E-state index in [-0.39, 0.29) is 60.6 Å². The van der Waals surface area contributed by atoms with Crippen LogP contribution in [0.15, 0.2) is 0 Å². The van der Waals surface area contributed by atoms with Crippen molar-refractivity contribution < 1.29 is 28.7 Å². The van der Waals surface area contributed by atoms with Crippen LogP contribution in [0.4, 0.5) is 10.0 Å². The van der Waals surface area contributed by atoms with Crippen LogP contribution < -0.4 is 10.6 Å². The highest BCUT2D eigenvalue weighted by Gasteiger charge is 2.36. The van der Waals surface area contributed by atoms with E-state index < -0.39 is 0 Å². The Balaban J connectivity index is 1.35. The first-order valence-electron chi connectivity index (χ1n) is 16.9. The smallest absolute Gasteiger partial charge is 0.341 e. The predicted octanol–water partition coefficient (Wildman–Crippen LogP) is 8.60. The molecule has 0 saturated heterocycles. The Labute approximate surface area is 282 Å². The highest BCUT2D eigenvalue weighted by Crippen LogP contribution is 2.46. The molecule has 0 spiro atoms. The standard InChI is InChI=1S/C36H52N2O6S2/c1-9-43-33(41)29-23-17-15-21(35(3,4)5)19-25(23)45-31(29)37-27(39)13-11-12-14-28(40)38-32-30(34(42)44-10-2)24-18-16-22(36(6,7)8)20-26(24)46-32/h21-22H,9-20H2,1-8H3,(H,37,39)(H,38,40). The minimum Gasteiger partial charge on any atom is -0.462 e. The maximum Gasteiger partial charge on any atom is 0.341 e. The summed E-state index contributed by atoms with van der Waals surface area (Å²) in [7, 11) is 0. The molecule has 0 saturated carbocycles. The maximum atomic E-state index is 13.0. The molecule has 254 valence electrons. The molecule has 4 rings (SSSR count). The average Bonchev–Trinajstić information content (AvgIpc) is 3.51. The molecule has 2 aliphatic rings. The number of nitrogens with one attached hydrogen (secondary N) is 2. The van der Waals surface area contributed by atoms with Gasteiger partial charge in [-0.3, -0.25) is 9.59 Å². The summed E-state index contributed by atoms with van der Waals surface area (Å²) >= 11 is 2.99. The third-order valence-electron chi connectivity index (χ3n) is 9.50. The van der Waals surface area contributed by atoms with E-state index in [2.05, 4.69) is 52.2 Å². The molecule has 2 unspecified atom stereocenters. The van der Waals surface area contributed by atoms with Crippen molar-refractivity contribution in [1.82, 2.24) is 0 Å². The largest absolute Gasteiger partial charge is 0.462 e. The van der Waals surface area contributed by atoms with E-state index in [4.69, 9.17) is 9.47 Å². The summed E-state index contributed by atoms with van der Waals surface area (Å²) in [5.41, 5.74) is 3.38. The molecule has 0 radical (unpaired) electrons. The fraction of sp³-hybridized carbons (Fsp3) is 0.667. The molecule has 2 amide bonds. The van der Waals surface area contributed by atoms with Crippen LogP contribution in [0, 0.1) is 22.7 Å². The maximum absolute atomic E-state index is 13.0. The summed E-state index contributed by atoms with van der Waals surface area (Å²) in [6.07, 6.45) is 6.89. The molecule has 2 heterocycles. The van der Waals surface area contributed by atoms with Crippen LogP contribution in [-0.2, 0) is 44.7 Å². The van der Waals surface area contributed by atoms with Gasteiger partial charge in [-0.1, -0.05) is 41.5 Å². The number of unbranched alkanes of at least 4 members (excludes halogenated alkanes) is 1.